The Labute approximate surface area is 188 Å². The smallest absolute Gasteiger partial charge is 0.257 e. The fourth-order valence-electron chi connectivity index (χ4n) is 3.44. The minimum Gasteiger partial charge on any atom is -0.497 e. The van der Waals surface area contributed by atoms with Crippen LogP contribution in [0.4, 0.5) is 5.13 Å². The number of benzene rings is 3. The molecule has 0 aliphatic carbocycles. The third kappa shape index (κ3) is 4.10. The SMILES string of the molecule is COc1ccc(Cc2cnc(NC(=O)c3ccc4noc(-c5ccccc5)c4c3)s2)cc1. The molecule has 1 amide bonds. The van der Waals surface area contributed by atoms with E-state index in [1.165, 1.54) is 11.3 Å². The topological polar surface area (TPSA) is 77.2 Å². The summed E-state index contributed by atoms with van der Waals surface area (Å²) in [4.78, 5) is 18.3. The zero-order valence-electron chi connectivity index (χ0n) is 17.2. The van der Waals surface area contributed by atoms with Crippen LogP contribution in [0.2, 0.25) is 0 Å². The lowest BCUT2D eigenvalue weighted by atomic mass is 10.1. The molecule has 0 radical (unpaired) electrons. The Morgan fingerprint density at radius 3 is 2.66 bits per heavy atom. The number of hydrogen-bond donors (Lipinski definition) is 1. The van der Waals surface area contributed by atoms with Gasteiger partial charge in [-0.25, -0.2) is 4.98 Å². The summed E-state index contributed by atoms with van der Waals surface area (Å²) in [6, 6.07) is 23.0. The summed E-state index contributed by atoms with van der Waals surface area (Å²) in [5.41, 5.74) is 3.29. The molecule has 7 heteroatoms. The number of aromatic nitrogens is 2. The van der Waals surface area contributed by atoms with E-state index in [9.17, 15) is 4.79 Å². The van der Waals surface area contributed by atoms with Crippen LogP contribution >= 0.6 is 11.3 Å². The normalized spacial score (nSPS) is 10.9. The number of amides is 1. The Morgan fingerprint density at radius 1 is 1.06 bits per heavy atom. The molecule has 32 heavy (non-hydrogen) atoms. The van der Waals surface area contributed by atoms with Crippen LogP contribution in [-0.2, 0) is 6.42 Å². The number of anilines is 1. The molecule has 0 unspecified atom stereocenters. The largest absolute Gasteiger partial charge is 0.497 e. The van der Waals surface area contributed by atoms with Crippen LogP contribution in [0.3, 0.4) is 0 Å². The number of rotatable bonds is 6. The third-order valence-corrected chi connectivity index (χ3v) is 6.00. The highest BCUT2D eigenvalue weighted by molar-refractivity contribution is 7.15. The van der Waals surface area contributed by atoms with E-state index in [0.29, 0.717) is 22.0 Å². The Balaban J connectivity index is 1.33. The summed E-state index contributed by atoms with van der Waals surface area (Å²) < 4.78 is 10.7. The number of carbonyl (C=O) groups excluding carboxylic acids is 1. The summed E-state index contributed by atoms with van der Waals surface area (Å²) in [5.74, 6) is 1.25. The molecule has 0 atom stereocenters. The van der Waals surface area contributed by atoms with Gasteiger partial charge in [0.15, 0.2) is 10.9 Å². The van der Waals surface area contributed by atoms with Crippen molar-refractivity contribution in [3.05, 3.63) is 95.0 Å². The third-order valence-electron chi connectivity index (χ3n) is 5.09. The molecule has 0 fully saturated rings. The quantitative estimate of drug-likeness (QED) is 0.360. The molecule has 6 nitrogen and oxygen atoms in total. The maximum Gasteiger partial charge on any atom is 0.257 e. The van der Waals surface area contributed by atoms with E-state index in [4.69, 9.17) is 9.26 Å². The van der Waals surface area contributed by atoms with Crippen molar-refractivity contribution in [1.29, 1.82) is 0 Å². The first-order valence-electron chi connectivity index (χ1n) is 10.0. The van der Waals surface area contributed by atoms with E-state index in [-0.39, 0.29) is 5.91 Å². The van der Waals surface area contributed by atoms with E-state index in [1.807, 2.05) is 54.6 Å². The fourth-order valence-corrected chi connectivity index (χ4v) is 4.28. The molecule has 3 aromatic carbocycles. The first-order chi connectivity index (χ1) is 15.7. The van der Waals surface area contributed by atoms with Gasteiger partial charge in [0, 0.05) is 28.6 Å². The number of nitrogens with one attached hydrogen (secondary N) is 1. The molecule has 5 rings (SSSR count). The maximum absolute atomic E-state index is 12.9. The van der Waals surface area contributed by atoms with Gasteiger partial charge in [-0.3, -0.25) is 10.1 Å². The number of thiazole rings is 1. The highest BCUT2D eigenvalue weighted by Gasteiger charge is 2.15. The lowest BCUT2D eigenvalue weighted by Crippen LogP contribution is -2.11. The lowest BCUT2D eigenvalue weighted by molar-refractivity contribution is 0.102. The molecule has 0 aliphatic heterocycles. The van der Waals surface area contributed by atoms with Crippen molar-refractivity contribution >= 4 is 33.3 Å². The molecule has 0 saturated heterocycles. The molecular weight excluding hydrogens is 422 g/mol. The van der Waals surface area contributed by atoms with Crippen LogP contribution in [0.1, 0.15) is 20.8 Å². The fraction of sp³-hybridized carbons (Fsp3) is 0.0800. The Bertz CT molecular complexity index is 1370. The molecule has 5 aromatic rings. The van der Waals surface area contributed by atoms with Crippen molar-refractivity contribution in [2.75, 3.05) is 12.4 Å². The van der Waals surface area contributed by atoms with E-state index in [2.05, 4.69) is 15.5 Å². The number of fused-ring (bicyclic) bond motifs is 1. The minimum atomic E-state index is -0.225. The average Bonchev–Trinajstić information content (AvgIpc) is 3.46. The van der Waals surface area contributed by atoms with Gasteiger partial charge in [-0.1, -0.05) is 47.6 Å². The number of ether oxygens (including phenoxy) is 1. The predicted octanol–water partition coefficient (Wildman–Crippen LogP) is 5.80. The van der Waals surface area contributed by atoms with Crippen LogP contribution in [0, 0.1) is 0 Å². The zero-order valence-corrected chi connectivity index (χ0v) is 18.1. The zero-order chi connectivity index (χ0) is 21.9. The Morgan fingerprint density at radius 2 is 1.88 bits per heavy atom. The first kappa shape index (κ1) is 20.0. The second kappa shape index (κ2) is 8.64. The van der Waals surface area contributed by atoms with E-state index in [0.717, 1.165) is 33.6 Å². The van der Waals surface area contributed by atoms with Gasteiger partial charge in [0.2, 0.25) is 0 Å². The number of nitrogens with zero attached hydrogens (tertiary/aromatic N) is 2. The van der Waals surface area contributed by atoms with Crippen LogP contribution in [0.25, 0.3) is 22.2 Å². The Kier molecular flexibility index (Phi) is 5.39. The monoisotopic (exact) mass is 441 g/mol. The molecule has 0 bridgehead atoms. The second-order valence-corrected chi connectivity index (χ2v) is 8.34. The molecule has 1 N–H and O–H groups in total. The highest BCUT2D eigenvalue weighted by Crippen LogP contribution is 2.30. The van der Waals surface area contributed by atoms with Gasteiger partial charge < -0.3 is 9.26 Å². The van der Waals surface area contributed by atoms with Crippen LogP contribution < -0.4 is 10.1 Å². The van der Waals surface area contributed by atoms with Gasteiger partial charge >= 0.3 is 0 Å². The molecule has 2 heterocycles. The number of hydrogen-bond acceptors (Lipinski definition) is 6. The maximum atomic E-state index is 12.9. The van der Waals surface area contributed by atoms with Crippen molar-refractivity contribution in [2.24, 2.45) is 0 Å². The van der Waals surface area contributed by atoms with Crippen molar-refractivity contribution in [1.82, 2.24) is 10.1 Å². The standard InChI is InChI=1S/C25H19N3O3S/c1-30-19-10-7-16(8-11-19)13-20-15-26-25(32-20)27-24(29)18-9-12-22-21(14-18)23(31-28-22)17-5-3-2-4-6-17/h2-12,14-15H,13H2,1H3,(H,26,27,29). The van der Waals surface area contributed by atoms with Crippen molar-refractivity contribution < 1.29 is 14.1 Å². The van der Waals surface area contributed by atoms with E-state index in [1.54, 1.807) is 31.5 Å². The van der Waals surface area contributed by atoms with Crippen molar-refractivity contribution in [2.45, 2.75) is 6.42 Å². The Hall–Kier alpha value is -3.97. The van der Waals surface area contributed by atoms with Crippen LogP contribution in [0.15, 0.2) is 83.5 Å². The average molecular weight is 442 g/mol. The predicted molar refractivity (Wildman–Crippen MR) is 125 cm³/mol. The van der Waals surface area contributed by atoms with Gasteiger partial charge in [0.25, 0.3) is 5.91 Å². The summed E-state index contributed by atoms with van der Waals surface area (Å²) in [6.07, 6.45) is 2.53. The van der Waals surface area contributed by atoms with Crippen LogP contribution in [0.5, 0.6) is 5.75 Å². The minimum absolute atomic E-state index is 0.225. The van der Waals surface area contributed by atoms with Gasteiger partial charge in [-0.05, 0) is 35.9 Å². The second-order valence-electron chi connectivity index (χ2n) is 7.22. The van der Waals surface area contributed by atoms with E-state index >= 15 is 0 Å². The summed E-state index contributed by atoms with van der Waals surface area (Å²) in [5, 5.41) is 8.36. The van der Waals surface area contributed by atoms with Crippen molar-refractivity contribution in [3.8, 4) is 17.1 Å². The molecule has 0 aliphatic rings. The van der Waals surface area contributed by atoms with Crippen molar-refractivity contribution in [3.63, 3.8) is 0 Å². The lowest BCUT2D eigenvalue weighted by Gasteiger charge is -2.03. The van der Waals surface area contributed by atoms with Gasteiger partial charge in [-0.2, -0.15) is 0 Å². The van der Waals surface area contributed by atoms with Crippen LogP contribution in [-0.4, -0.2) is 23.2 Å². The highest BCUT2D eigenvalue weighted by atomic mass is 32.1. The van der Waals surface area contributed by atoms with E-state index < -0.39 is 0 Å². The van der Waals surface area contributed by atoms with Gasteiger partial charge in [0.1, 0.15) is 11.3 Å². The molecular formula is C25H19N3O3S. The van der Waals surface area contributed by atoms with Gasteiger partial charge in [0.05, 0.1) is 12.5 Å². The molecule has 0 saturated carbocycles. The summed E-state index contributed by atoms with van der Waals surface area (Å²) in [7, 11) is 1.65. The number of carbonyl (C=O) groups is 1. The molecule has 2 aromatic heterocycles. The number of methoxy groups -OCH3 is 1. The first-order valence-corrected chi connectivity index (χ1v) is 10.8. The summed E-state index contributed by atoms with van der Waals surface area (Å²) in [6.45, 7) is 0. The summed E-state index contributed by atoms with van der Waals surface area (Å²) >= 11 is 1.46. The molecule has 0 spiro atoms. The van der Waals surface area contributed by atoms with Gasteiger partial charge in [-0.15, -0.1) is 11.3 Å². The molecule has 158 valence electrons.